The number of carbonyl (C=O) groups is 1. The van der Waals surface area contributed by atoms with Crippen molar-refractivity contribution >= 4 is 6.41 Å². The minimum atomic E-state index is 0.403. The highest BCUT2D eigenvalue weighted by Gasteiger charge is 2.02. The molecule has 1 fully saturated rings. The Kier molecular flexibility index (Phi) is 7.08. The van der Waals surface area contributed by atoms with E-state index in [1.165, 1.54) is 32.4 Å². The number of nitrogens with one attached hydrogen (secondary N) is 1. The van der Waals surface area contributed by atoms with E-state index in [1.807, 2.05) is 0 Å². The molecule has 1 amide bonds. The van der Waals surface area contributed by atoms with Crippen molar-refractivity contribution < 1.29 is 4.79 Å². The normalized spacial score (nSPS) is 18.0. The second-order valence-electron chi connectivity index (χ2n) is 2.65. The Hall–Kier alpha value is -0.610. The minimum absolute atomic E-state index is 0.403. The second kappa shape index (κ2) is 7.50. The van der Waals surface area contributed by atoms with Gasteiger partial charge in [-0.25, -0.2) is 5.84 Å². The lowest BCUT2D eigenvalue weighted by molar-refractivity contribution is -0.109. The number of carbonyl (C=O) groups excluding carboxylic acids is 1. The lowest BCUT2D eigenvalue weighted by Crippen LogP contribution is -2.24. The van der Waals surface area contributed by atoms with Crippen LogP contribution in [-0.2, 0) is 4.79 Å². The molecule has 0 aromatic rings. The molecule has 0 spiro atoms. The third-order valence-corrected chi connectivity index (χ3v) is 1.65. The molecule has 3 N–H and O–H groups in total. The van der Waals surface area contributed by atoms with Crippen LogP contribution in [0.5, 0.6) is 0 Å². The predicted octanol–water partition coefficient (Wildman–Crippen LogP) is -0.292. The van der Waals surface area contributed by atoms with Gasteiger partial charge in [0.25, 0.3) is 0 Å². The number of hydrogen-bond donors (Lipinski definition) is 2. The summed E-state index contributed by atoms with van der Waals surface area (Å²) in [6, 6.07) is 0. The fraction of sp³-hybridized carbons (Fsp3) is 0.857. The Balaban J connectivity index is 0.000000218. The first-order chi connectivity index (χ1) is 5.31. The Labute approximate surface area is 67.7 Å². The molecule has 1 heterocycles. The molecule has 1 aliphatic heterocycles. The summed E-state index contributed by atoms with van der Waals surface area (Å²) in [6.07, 6.45) is 4.68. The first-order valence-electron chi connectivity index (χ1n) is 3.89. The maximum absolute atomic E-state index is 8.94. The summed E-state index contributed by atoms with van der Waals surface area (Å²) >= 11 is 0. The second-order valence-corrected chi connectivity index (χ2v) is 2.65. The molecule has 0 bridgehead atoms. The van der Waals surface area contributed by atoms with E-state index in [9.17, 15) is 0 Å². The summed E-state index contributed by atoms with van der Waals surface area (Å²) in [5.74, 6) is 4.41. The van der Waals surface area contributed by atoms with E-state index in [0.717, 1.165) is 0 Å². The molecule has 0 aromatic heterocycles. The zero-order chi connectivity index (χ0) is 8.53. The number of nitrogens with two attached hydrogens (primary N) is 1. The molecule has 1 rings (SSSR count). The number of hydrazine groups is 1. The zero-order valence-electron chi connectivity index (χ0n) is 7.05. The van der Waals surface area contributed by atoms with Crippen LogP contribution >= 0.6 is 0 Å². The van der Waals surface area contributed by atoms with E-state index in [2.05, 4.69) is 17.8 Å². The maximum Gasteiger partial charge on any atom is 0.221 e. The van der Waals surface area contributed by atoms with Crippen LogP contribution in [0.1, 0.15) is 19.3 Å². The number of likely N-dealkylation sites (tertiary alicyclic amines) is 1. The fourth-order valence-electron chi connectivity index (χ4n) is 1.05. The van der Waals surface area contributed by atoms with Crippen molar-refractivity contribution in [2.75, 3.05) is 20.1 Å². The fourth-order valence-corrected chi connectivity index (χ4v) is 1.05. The predicted molar refractivity (Wildman–Crippen MR) is 44.7 cm³/mol. The highest BCUT2D eigenvalue weighted by Crippen LogP contribution is 2.04. The van der Waals surface area contributed by atoms with Gasteiger partial charge < -0.3 is 4.90 Å². The van der Waals surface area contributed by atoms with Gasteiger partial charge in [0, 0.05) is 0 Å². The molecule has 4 nitrogen and oxygen atoms in total. The molecule has 1 aliphatic rings. The van der Waals surface area contributed by atoms with Crippen molar-refractivity contribution in [3.63, 3.8) is 0 Å². The summed E-state index contributed by atoms with van der Waals surface area (Å²) in [5, 5.41) is 0. The molecule has 0 aliphatic carbocycles. The standard InChI is InChI=1S/C6H13N.CH4N2O/c1-7-5-3-2-4-6-7;2-3-1-4/h2-6H2,1H3;1H,2H2,(H,3,4). The molecule has 0 atom stereocenters. The maximum atomic E-state index is 8.94. The summed E-state index contributed by atoms with van der Waals surface area (Å²) in [6.45, 7) is 2.64. The SMILES string of the molecule is CN1CCCCC1.NNC=O. The monoisotopic (exact) mass is 159 g/mol. The summed E-state index contributed by atoms with van der Waals surface area (Å²) in [7, 11) is 2.19. The number of amides is 1. The number of piperidine rings is 1. The van der Waals surface area contributed by atoms with Crippen LogP contribution < -0.4 is 11.3 Å². The summed E-state index contributed by atoms with van der Waals surface area (Å²) < 4.78 is 0. The largest absolute Gasteiger partial charge is 0.306 e. The van der Waals surface area contributed by atoms with Gasteiger partial charge in [-0.05, 0) is 33.0 Å². The van der Waals surface area contributed by atoms with Crippen molar-refractivity contribution in [1.82, 2.24) is 10.3 Å². The van der Waals surface area contributed by atoms with E-state index in [-0.39, 0.29) is 0 Å². The Morgan fingerprint density at radius 2 is 1.82 bits per heavy atom. The van der Waals surface area contributed by atoms with Gasteiger partial charge in [-0.3, -0.25) is 10.2 Å². The highest BCUT2D eigenvalue weighted by atomic mass is 16.1. The minimum Gasteiger partial charge on any atom is -0.306 e. The van der Waals surface area contributed by atoms with Crippen LogP contribution in [0, 0.1) is 0 Å². The van der Waals surface area contributed by atoms with Gasteiger partial charge in [0.1, 0.15) is 0 Å². The quantitative estimate of drug-likeness (QED) is 0.239. The lowest BCUT2D eigenvalue weighted by atomic mass is 10.1. The molecule has 0 unspecified atom stereocenters. The van der Waals surface area contributed by atoms with Crippen LogP contribution in [0.3, 0.4) is 0 Å². The van der Waals surface area contributed by atoms with Crippen LogP contribution in [0.4, 0.5) is 0 Å². The Morgan fingerprint density at radius 3 is 2.00 bits per heavy atom. The molecule has 0 saturated carbocycles. The third kappa shape index (κ3) is 7.29. The first kappa shape index (κ1) is 10.4. The molecule has 11 heavy (non-hydrogen) atoms. The van der Waals surface area contributed by atoms with Crippen LogP contribution in [0.2, 0.25) is 0 Å². The van der Waals surface area contributed by atoms with E-state index in [0.29, 0.717) is 6.41 Å². The molecule has 0 aromatic carbocycles. The average molecular weight is 159 g/mol. The summed E-state index contributed by atoms with van der Waals surface area (Å²) in [4.78, 5) is 11.3. The van der Waals surface area contributed by atoms with Crippen molar-refractivity contribution in [3.05, 3.63) is 0 Å². The average Bonchev–Trinajstić information content (AvgIpc) is 2.07. The van der Waals surface area contributed by atoms with Gasteiger partial charge in [0.15, 0.2) is 0 Å². The van der Waals surface area contributed by atoms with Gasteiger partial charge in [0.2, 0.25) is 6.41 Å². The van der Waals surface area contributed by atoms with Gasteiger partial charge in [0.05, 0.1) is 0 Å². The van der Waals surface area contributed by atoms with Crippen LogP contribution in [-0.4, -0.2) is 31.4 Å². The van der Waals surface area contributed by atoms with E-state index in [4.69, 9.17) is 4.79 Å². The molecular formula is C7H17N3O. The van der Waals surface area contributed by atoms with Gasteiger partial charge >= 0.3 is 0 Å². The number of hydrogen-bond acceptors (Lipinski definition) is 3. The zero-order valence-corrected chi connectivity index (χ0v) is 7.05. The van der Waals surface area contributed by atoms with Crippen LogP contribution in [0.25, 0.3) is 0 Å². The Bertz CT molecular complexity index is 91.7. The summed E-state index contributed by atoms with van der Waals surface area (Å²) in [5.41, 5.74) is 1.75. The number of nitrogens with zero attached hydrogens (tertiary/aromatic N) is 1. The van der Waals surface area contributed by atoms with E-state index >= 15 is 0 Å². The molecular weight excluding hydrogens is 142 g/mol. The van der Waals surface area contributed by atoms with Gasteiger partial charge in [-0.15, -0.1) is 0 Å². The van der Waals surface area contributed by atoms with Gasteiger partial charge in [-0.1, -0.05) is 6.42 Å². The smallest absolute Gasteiger partial charge is 0.221 e. The van der Waals surface area contributed by atoms with E-state index in [1.54, 1.807) is 5.43 Å². The molecule has 1 saturated heterocycles. The Morgan fingerprint density at radius 1 is 1.36 bits per heavy atom. The number of rotatable bonds is 1. The lowest BCUT2D eigenvalue weighted by Gasteiger charge is -2.20. The topological polar surface area (TPSA) is 58.4 Å². The van der Waals surface area contributed by atoms with Crippen molar-refractivity contribution in [1.29, 1.82) is 0 Å². The molecule has 4 heteroatoms. The van der Waals surface area contributed by atoms with Gasteiger partial charge in [-0.2, -0.15) is 0 Å². The third-order valence-electron chi connectivity index (χ3n) is 1.65. The van der Waals surface area contributed by atoms with E-state index < -0.39 is 0 Å². The highest BCUT2D eigenvalue weighted by molar-refractivity contribution is 5.44. The van der Waals surface area contributed by atoms with Crippen LogP contribution in [0.15, 0.2) is 0 Å². The molecule has 66 valence electrons. The first-order valence-corrected chi connectivity index (χ1v) is 3.89. The van der Waals surface area contributed by atoms with Crippen molar-refractivity contribution in [2.24, 2.45) is 5.84 Å². The van der Waals surface area contributed by atoms with Crippen molar-refractivity contribution in [3.8, 4) is 0 Å². The molecule has 0 radical (unpaired) electrons. The van der Waals surface area contributed by atoms with Crippen molar-refractivity contribution in [2.45, 2.75) is 19.3 Å².